The van der Waals surface area contributed by atoms with E-state index in [0.717, 1.165) is 12.8 Å². The monoisotopic (exact) mass is 272 g/mol. The average Bonchev–Trinajstić information content (AvgIpc) is 3.11. The molecule has 98 valence electrons. The van der Waals surface area contributed by atoms with Crippen LogP contribution >= 0.6 is 11.8 Å². The highest BCUT2D eigenvalue weighted by atomic mass is 32.2. The molecule has 0 heterocycles. The summed E-state index contributed by atoms with van der Waals surface area (Å²) in [6, 6.07) is 7.05. The number of carbonyl (C=O) groups is 1. The van der Waals surface area contributed by atoms with Gasteiger partial charge in [0, 0.05) is 16.6 Å². The molecule has 1 aromatic carbocycles. The van der Waals surface area contributed by atoms with Gasteiger partial charge in [-0.25, -0.2) is 0 Å². The Kier molecular flexibility index (Phi) is 4.41. The SMILES string of the molecule is O=C(CNc1ccccc1SC(F)F)NC1CC1. The topological polar surface area (TPSA) is 41.1 Å². The lowest BCUT2D eigenvalue weighted by molar-refractivity contribution is -0.119. The lowest BCUT2D eigenvalue weighted by Crippen LogP contribution is -2.31. The van der Waals surface area contributed by atoms with Crippen LogP contribution in [0.25, 0.3) is 0 Å². The molecule has 3 nitrogen and oxygen atoms in total. The standard InChI is InChI=1S/C12H14F2N2OS/c13-12(14)18-10-4-2-1-3-9(10)15-7-11(17)16-8-5-6-8/h1-4,8,12,15H,5-7H2,(H,16,17). The number of hydrogen-bond acceptors (Lipinski definition) is 3. The van der Waals surface area contributed by atoms with Crippen LogP contribution in [0.2, 0.25) is 0 Å². The number of thioether (sulfide) groups is 1. The number of hydrogen-bond donors (Lipinski definition) is 2. The van der Waals surface area contributed by atoms with E-state index in [2.05, 4.69) is 10.6 Å². The Morgan fingerprint density at radius 1 is 1.39 bits per heavy atom. The molecule has 0 unspecified atom stereocenters. The van der Waals surface area contributed by atoms with Gasteiger partial charge in [-0.1, -0.05) is 23.9 Å². The van der Waals surface area contributed by atoms with Crippen LogP contribution in [0.4, 0.5) is 14.5 Å². The Hall–Kier alpha value is -1.30. The number of para-hydroxylation sites is 1. The van der Waals surface area contributed by atoms with Crippen molar-refractivity contribution in [3.05, 3.63) is 24.3 Å². The molecule has 2 N–H and O–H groups in total. The van der Waals surface area contributed by atoms with Crippen molar-refractivity contribution in [2.75, 3.05) is 11.9 Å². The molecule has 18 heavy (non-hydrogen) atoms. The molecular formula is C12H14F2N2OS. The molecule has 0 bridgehead atoms. The Labute approximate surface area is 108 Å². The van der Waals surface area contributed by atoms with Crippen LogP contribution < -0.4 is 10.6 Å². The van der Waals surface area contributed by atoms with Crippen molar-refractivity contribution >= 4 is 23.4 Å². The summed E-state index contributed by atoms with van der Waals surface area (Å²) in [5, 5.41) is 5.71. The first-order valence-corrected chi connectivity index (χ1v) is 6.60. The predicted molar refractivity (Wildman–Crippen MR) is 68.0 cm³/mol. The number of amides is 1. The van der Waals surface area contributed by atoms with Crippen molar-refractivity contribution in [2.45, 2.75) is 29.5 Å². The number of carbonyl (C=O) groups excluding carboxylic acids is 1. The van der Waals surface area contributed by atoms with E-state index in [1.165, 1.54) is 0 Å². The fourth-order valence-electron chi connectivity index (χ4n) is 1.49. The molecule has 2 rings (SSSR count). The highest BCUT2D eigenvalue weighted by Crippen LogP contribution is 2.31. The van der Waals surface area contributed by atoms with Crippen LogP contribution in [0.1, 0.15) is 12.8 Å². The second-order valence-corrected chi connectivity index (χ2v) is 5.10. The molecule has 1 aromatic rings. The minimum Gasteiger partial charge on any atom is -0.375 e. The van der Waals surface area contributed by atoms with Gasteiger partial charge in [-0.15, -0.1) is 0 Å². The van der Waals surface area contributed by atoms with Gasteiger partial charge in [0.25, 0.3) is 5.76 Å². The lowest BCUT2D eigenvalue weighted by Gasteiger charge is -2.11. The molecule has 6 heteroatoms. The Morgan fingerprint density at radius 2 is 2.11 bits per heavy atom. The summed E-state index contributed by atoms with van der Waals surface area (Å²) in [4.78, 5) is 11.9. The highest BCUT2D eigenvalue weighted by molar-refractivity contribution is 7.99. The number of alkyl halides is 2. The molecule has 0 spiro atoms. The molecule has 1 aliphatic carbocycles. The first kappa shape index (κ1) is 13.1. The Bertz CT molecular complexity index is 424. The van der Waals surface area contributed by atoms with Crippen LogP contribution in [0.15, 0.2) is 29.2 Å². The molecule has 1 amide bonds. The van der Waals surface area contributed by atoms with Crippen molar-refractivity contribution in [3.8, 4) is 0 Å². The van der Waals surface area contributed by atoms with Gasteiger partial charge in [0.2, 0.25) is 5.91 Å². The molecule has 0 radical (unpaired) electrons. The van der Waals surface area contributed by atoms with Gasteiger partial charge in [-0.2, -0.15) is 8.78 Å². The number of benzene rings is 1. The summed E-state index contributed by atoms with van der Waals surface area (Å²) in [6.45, 7) is 0.108. The van der Waals surface area contributed by atoms with Crippen molar-refractivity contribution in [2.24, 2.45) is 0 Å². The minimum atomic E-state index is -2.46. The van der Waals surface area contributed by atoms with Gasteiger partial charge in [-0.3, -0.25) is 4.79 Å². The smallest absolute Gasteiger partial charge is 0.288 e. The van der Waals surface area contributed by atoms with Gasteiger partial charge < -0.3 is 10.6 Å². The van der Waals surface area contributed by atoms with E-state index in [1.54, 1.807) is 24.3 Å². The summed E-state index contributed by atoms with van der Waals surface area (Å²) >= 11 is 0.475. The molecule has 0 saturated heterocycles. The number of anilines is 1. The second-order valence-electron chi connectivity index (χ2n) is 4.07. The molecule has 1 fully saturated rings. The number of rotatable bonds is 6. The highest BCUT2D eigenvalue weighted by Gasteiger charge is 2.23. The zero-order valence-electron chi connectivity index (χ0n) is 9.66. The van der Waals surface area contributed by atoms with Gasteiger partial charge in [-0.05, 0) is 25.0 Å². The van der Waals surface area contributed by atoms with E-state index in [1.807, 2.05) is 0 Å². The van der Waals surface area contributed by atoms with Gasteiger partial charge in [0.1, 0.15) is 0 Å². The maximum atomic E-state index is 12.3. The third kappa shape index (κ3) is 4.18. The van der Waals surface area contributed by atoms with Crippen LogP contribution in [0, 0.1) is 0 Å². The quantitative estimate of drug-likeness (QED) is 0.782. The van der Waals surface area contributed by atoms with E-state index in [9.17, 15) is 13.6 Å². The maximum absolute atomic E-state index is 12.3. The van der Waals surface area contributed by atoms with Crippen molar-refractivity contribution in [1.29, 1.82) is 0 Å². The molecule has 0 aromatic heterocycles. The molecule has 0 aliphatic heterocycles. The zero-order valence-corrected chi connectivity index (χ0v) is 10.5. The fourth-order valence-corrected chi connectivity index (χ4v) is 2.11. The summed E-state index contributed by atoms with van der Waals surface area (Å²) in [5.74, 6) is -2.57. The van der Waals surface area contributed by atoms with Crippen LogP contribution in [-0.2, 0) is 4.79 Å². The molecular weight excluding hydrogens is 258 g/mol. The third-order valence-corrected chi connectivity index (χ3v) is 3.27. The number of nitrogens with one attached hydrogen (secondary N) is 2. The third-order valence-electron chi connectivity index (χ3n) is 2.48. The predicted octanol–water partition coefficient (Wildman–Crippen LogP) is 2.69. The molecule has 1 aliphatic rings. The van der Waals surface area contributed by atoms with Crippen LogP contribution in [-0.4, -0.2) is 24.3 Å². The van der Waals surface area contributed by atoms with Crippen LogP contribution in [0.5, 0.6) is 0 Å². The second kappa shape index (κ2) is 6.04. The zero-order chi connectivity index (χ0) is 13.0. The minimum absolute atomic E-state index is 0.102. The lowest BCUT2D eigenvalue weighted by atomic mass is 10.3. The fraction of sp³-hybridized carbons (Fsp3) is 0.417. The molecule has 0 atom stereocenters. The van der Waals surface area contributed by atoms with Gasteiger partial charge >= 0.3 is 0 Å². The van der Waals surface area contributed by atoms with E-state index < -0.39 is 5.76 Å². The van der Waals surface area contributed by atoms with Crippen molar-refractivity contribution < 1.29 is 13.6 Å². The van der Waals surface area contributed by atoms with E-state index in [-0.39, 0.29) is 12.5 Å². The Morgan fingerprint density at radius 3 is 2.78 bits per heavy atom. The van der Waals surface area contributed by atoms with E-state index in [0.29, 0.717) is 28.4 Å². The Balaban J connectivity index is 1.88. The van der Waals surface area contributed by atoms with Gasteiger partial charge in [0.15, 0.2) is 0 Å². The maximum Gasteiger partial charge on any atom is 0.288 e. The summed E-state index contributed by atoms with van der Waals surface area (Å²) in [5.41, 5.74) is 0.564. The summed E-state index contributed by atoms with van der Waals surface area (Å²) in [7, 11) is 0. The van der Waals surface area contributed by atoms with E-state index in [4.69, 9.17) is 0 Å². The van der Waals surface area contributed by atoms with E-state index >= 15 is 0 Å². The van der Waals surface area contributed by atoms with Gasteiger partial charge in [0.05, 0.1) is 6.54 Å². The van der Waals surface area contributed by atoms with Crippen LogP contribution in [0.3, 0.4) is 0 Å². The summed E-state index contributed by atoms with van der Waals surface area (Å²) < 4.78 is 24.7. The number of halogens is 2. The largest absolute Gasteiger partial charge is 0.375 e. The van der Waals surface area contributed by atoms with Crippen molar-refractivity contribution in [1.82, 2.24) is 5.32 Å². The summed E-state index contributed by atoms with van der Waals surface area (Å²) in [6.07, 6.45) is 2.06. The average molecular weight is 272 g/mol. The molecule has 1 saturated carbocycles. The normalized spacial score (nSPS) is 14.6. The first-order valence-electron chi connectivity index (χ1n) is 5.72. The van der Waals surface area contributed by atoms with Crippen molar-refractivity contribution in [3.63, 3.8) is 0 Å². The first-order chi connectivity index (χ1) is 8.65.